The largest absolute Gasteiger partial charge is 0.496 e. The Labute approximate surface area is 125 Å². The van der Waals surface area contributed by atoms with Crippen molar-refractivity contribution in [2.75, 3.05) is 19.0 Å². The molecule has 1 N–H and O–H groups in total. The number of rotatable bonds is 5. The van der Waals surface area contributed by atoms with Crippen LogP contribution in [0.15, 0.2) is 36.7 Å². The molecule has 1 fully saturated rings. The van der Waals surface area contributed by atoms with Crippen molar-refractivity contribution in [2.45, 2.75) is 31.6 Å². The molecule has 110 valence electrons. The van der Waals surface area contributed by atoms with E-state index in [0.29, 0.717) is 5.95 Å². The molecule has 0 atom stereocenters. The van der Waals surface area contributed by atoms with Crippen molar-refractivity contribution >= 4 is 5.95 Å². The van der Waals surface area contributed by atoms with Crippen LogP contribution in [0, 0.1) is 6.92 Å². The van der Waals surface area contributed by atoms with Gasteiger partial charge in [0, 0.05) is 29.9 Å². The normalized spacial score (nSPS) is 16.1. The smallest absolute Gasteiger partial charge is 0.222 e. The summed E-state index contributed by atoms with van der Waals surface area (Å²) >= 11 is 0. The van der Waals surface area contributed by atoms with Gasteiger partial charge in [0.2, 0.25) is 5.95 Å². The third-order valence-corrected chi connectivity index (χ3v) is 4.35. The summed E-state index contributed by atoms with van der Waals surface area (Å²) in [6.07, 6.45) is 7.28. The number of aryl methyl sites for hydroxylation is 1. The Kier molecular flexibility index (Phi) is 3.78. The van der Waals surface area contributed by atoms with Gasteiger partial charge in [0.1, 0.15) is 5.75 Å². The summed E-state index contributed by atoms with van der Waals surface area (Å²) in [4.78, 5) is 8.65. The zero-order valence-corrected chi connectivity index (χ0v) is 12.6. The van der Waals surface area contributed by atoms with Crippen molar-refractivity contribution in [2.24, 2.45) is 0 Å². The average molecular weight is 283 g/mol. The first-order valence-electron chi connectivity index (χ1n) is 7.39. The third kappa shape index (κ3) is 2.71. The van der Waals surface area contributed by atoms with Crippen molar-refractivity contribution in [1.29, 1.82) is 0 Å². The summed E-state index contributed by atoms with van der Waals surface area (Å²) < 4.78 is 5.54. The first-order chi connectivity index (χ1) is 10.2. The van der Waals surface area contributed by atoms with Gasteiger partial charge in [0.05, 0.1) is 7.11 Å². The topological polar surface area (TPSA) is 47.0 Å². The molecule has 0 bridgehead atoms. The summed E-state index contributed by atoms with van der Waals surface area (Å²) in [5, 5.41) is 3.39. The Balaban J connectivity index is 1.79. The second-order valence-corrected chi connectivity index (χ2v) is 5.77. The lowest BCUT2D eigenvalue weighted by Crippen LogP contribution is -2.41. The maximum atomic E-state index is 5.54. The predicted octanol–water partition coefficient (Wildman–Crippen LogP) is 3.33. The van der Waals surface area contributed by atoms with Crippen LogP contribution in [-0.4, -0.2) is 23.6 Å². The molecule has 0 unspecified atom stereocenters. The van der Waals surface area contributed by atoms with Gasteiger partial charge < -0.3 is 10.1 Å². The van der Waals surface area contributed by atoms with E-state index in [1.165, 1.54) is 24.8 Å². The zero-order valence-electron chi connectivity index (χ0n) is 12.6. The lowest BCUT2D eigenvalue weighted by molar-refractivity contribution is 0.250. The van der Waals surface area contributed by atoms with E-state index in [1.807, 2.05) is 31.5 Å². The average Bonchev–Trinajstić information content (AvgIpc) is 2.48. The van der Waals surface area contributed by atoms with E-state index in [4.69, 9.17) is 4.74 Å². The standard InChI is InChI=1S/C17H21N3O/c1-13-10-18-16(19-11-13)20-12-17(8-5-9-17)14-6-3-4-7-15(14)21-2/h3-4,6-7,10-11H,5,8-9,12H2,1-2H3,(H,18,19,20). The zero-order chi connectivity index (χ0) is 14.7. The lowest BCUT2D eigenvalue weighted by atomic mass is 9.64. The molecule has 4 nitrogen and oxygen atoms in total. The number of para-hydroxylation sites is 1. The van der Waals surface area contributed by atoms with Crippen LogP contribution in [0.5, 0.6) is 5.75 Å². The van der Waals surface area contributed by atoms with Gasteiger partial charge in [-0.1, -0.05) is 24.6 Å². The fourth-order valence-electron chi connectivity index (χ4n) is 2.96. The number of anilines is 1. The first kappa shape index (κ1) is 13.9. The third-order valence-electron chi connectivity index (χ3n) is 4.35. The summed E-state index contributed by atoms with van der Waals surface area (Å²) in [5.41, 5.74) is 2.50. The highest BCUT2D eigenvalue weighted by Crippen LogP contribution is 2.46. The highest BCUT2D eigenvalue weighted by atomic mass is 16.5. The van der Waals surface area contributed by atoms with Gasteiger partial charge in [0.25, 0.3) is 0 Å². The van der Waals surface area contributed by atoms with Gasteiger partial charge in [-0.2, -0.15) is 0 Å². The molecular weight excluding hydrogens is 262 g/mol. The second kappa shape index (κ2) is 5.72. The van der Waals surface area contributed by atoms with Crippen LogP contribution in [0.3, 0.4) is 0 Å². The highest BCUT2D eigenvalue weighted by Gasteiger charge is 2.40. The van der Waals surface area contributed by atoms with E-state index < -0.39 is 0 Å². The van der Waals surface area contributed by atoms with E-state index in [2.05, 4.69) is 27.4 Å². The minimum Gasteiger partial charge on any atom is -0.496 e. The molecule has 1 aliphatic rings. The summed E-state index contributed by atoms with van der Waals surface area (Å²) in [6, 6.07) is 8.32. The van der Waals surface area contributed by atoms with Gasteiger partial charge in [-0.05, 0) is 31.4 Å². The molecule has 3 rings (SSSR count). The molecule has 4 heteroatoms. The minimum atomic E-state index is 0.140. The van der Waals surface area contributed by atoms with Gasteiger partial charge in [-0.3, -0.25) is 0 Å². The molecule has 1 aliphatic carbocycles. The van der Waals surface area contributed by atoms with E-state index >= 15 is 0 Å². The maximum Gasteiger partial charge on any atom is 0.222 e. The van der Waals surface area contributed by atoms with Crippen LogP contribution in [-0.2, 0) is 5.41 Å². The fraction of sp³-hybridized carbons (Fsp3) is 0.412. The number of aromatic nitrogens is 2. The van der Waals surface area contributed by atoms with Gasteiger partial charge in [-0.15, -0.1) is 0 Å². The summed E-state index contributed by atoms with van der Waals surface area (Å²) in [7, 11) is 1.74. The predicted molar refractivity (Wildman–Crippen MR) is 83.8 cm³/mol. The fourth-order valence-corrected chi connectivity index (χ4v) is 2.96. The molecule has 1 aromatic carbocycles. The van der Waals surface area contributed by atoms with Crippen LogP contribution >= 0.6 is 0 Å². The van der Waals surface area contributed by atoms with Crippen LogP contribution in [0.1, 0.15) is 30.4 Å². The molecular formula is C17H21N3O. The van der Waals surface area contributed by atoms with Crippen molar-refractivity contribution in [1.82, 2.24) is 9.97 Å². The molecule has 0 amide bonds. The number of nitrogens with one attached hydrogen (secondary N) is 1. The molecule has 1 saturated carbocycles. The lowest BCUT2D eigenvalue weighted by Gasteiger charge is -2.43. The van der Waals surface area contributed by atoms with Crippen LogP contribution in [0.2, 0.25) is 0 Å². The molecule has 0 spiro atoms. The molecule has 2 aromatic rings. The van der Waals surface area contributed by atoms with Crippen molar-refractivity contribution in [3.63, 3.8) is 0 Å². The summed E-state index contributed by atoms with van der Waals surface area (Å²) in [5.74, 6) is 1.67. The monoisotopic (exact) mass is 283 g/mol. The second-order valence-electron chi connectivity index (χ2n) is 5.77. The van der Waals surface area contributed by atoms with E-state index in [9.17, 15) is 0 Å². The maximum absolute atomic E-state index is 5.54. The molecule has 0 radical (unpaired) electrons. The minimum absolute atomic E-state index is 0.140. The molecule has 1 aromatic heterocycles. The van der Waals surface area contributed by atoms with Crippen molar-refractivity contribution in [3.05, 3.63) is 47.8 Å². The number of hydrogen-bond donors (Lipinski definition) is 1. The Hall–Kier alpha value is -2.10. The Morgan fingerprint density at radius 3 is 2.52 bits per heavy atom. The number of hydrogen-bond acceptors (Lipinski definition) is 4. The Morgan fingerprint density at radius 1 is 1.19 bits per heavy atom. The summed E-state index contributed by atoms with van der Waals surface area (Å²) in [6.45, 7) is 2.84. The SMILES string of the molecule is COc1ccccc1C1(CNc2ncc(C)cn2)CCC1. The number of nitrogens with zero attached hydrogens (tertiary/aromatic N) is 2. The van der Waals surface area contributed by atoms with Crippen molar-refractivity contribution in [3.8, 4) is 5.75 Å². The van der Waals surface area contributed by atoms with Crippen LogP contribution in [0.4, 0.5) is 5.95 Å². The number of methoxy groups -OCH3 is 1. The van der Waals surface area contributed by atoms with Crippen LogP contribution < -0.4 is 10.1 Å². The quantitative estimate of drug-likeness (QED) is 0.914. The molecule has 0 saturated heterocycles. The van der Waals surface area contributed by atoms with Crippen molar-refractivity contribution < 1.29 is 4.74 Å². The Bertz CT molecular complexity index is 606. The molecule has 0 aliphatic heterocycles. The Morgan fingerprint density at radius 2 is 1.90 bits per heavy atom. The first-order valence-corrected chi connectivity index (χ1v) is 7.39. The van der Waals surface area contributed by atoms with Crippen LogP contribution in [0.25, 0.3) is 0 Å². The van der Waals surface area contributed by atoms with E-state index in [0.717, 1.165) is 17.9 Å². The van der Waals surface area contributed by atoms with Gasteiger partial charge in [-0.25, -0.2) is 9.97 Å². The highest BCUT2D eigenvalue weighted by molar-refractivity contribution is 5.43. The van der Waals surface area contributed by atoms with E-state index in [-0.39, 0.29) is 5.41 Å². The number of ether oxygens (including phenoxy) is 1. The molecule has 21 heavy (non-hydrogen) atoms. The van der Waals surface area contributed by atoms with E-state index in [1.54, 1.807) is 7.11 Å². The van der Waals surface area contributed by atoms with Gasteiger partial charge in [0.15, 0.2) is 0 Å². The number of benzene rings is 1. The van der Waals surface area contributed by atoms with Gasteiger partial charge >= 0.3 is 0 Å². The molecule has 1 heterocycles.